The van der Waals surface area contributed by atoms with E-state index in [-0.39, 0.29) is 17.2 Å². The number of methoxy groups -OCH3 is 1. The van der Waals surface area contributed by atoms with E-state index in [0.717, 1.165) is 26.2 Å². The second-order valence-corrected chi connectivity index (χ2v) is 6.85. The lowest BCUT2D eigenvalue weighted by molar-refractivity contribution is -0.00797. The highest BCUT2D eigenvalue weighted by Gasteiger charge is 2.53. The van der Waals surface area contributed by atoms with Crippen LogP contribution in [0.4, 0.5) is 4.39 Å². The second-order valence-electron chi connectivity index (χ2n) is 6.85. The summed E-state index contributed by atoms with van der Waals surface area (Å²) in [6.45, 7) is 5.91. The number of ether oxygens (including phenoxy) is 2. The average Bonchev–Trinajstić information content (AvgIpc) is 2.87. The molecule has 1 unspecified atom stereocenters. The van der Waals surface area contributed by atoms with Gasteiger partial charge in [-0.1, -0.05) is 0 Å². The van der Waals surface area contributed by atoms with Gasteiger partial charge in [0.25, 0.3) is 5.91 Å². The molecule has 132 valence electrons. The zero-order valence-electron chi connectivity index (χ0n) is 14.5. The molecule has 3 rings (SSSR count). The summed E-state index contributed by atoms with van der Waals surface area (Å²) in [7, 11) is 3.52. The van der Waals surface area contributed by atoms with Gasteiger partial charge in [0.2, 0.25) is 0 Å². The monoisotopic (exact) mass is 336 g/mol. The van der Waals surface area contributed by atoms with Crippen LogP contribution in [0.5, 0.6) is 5.75 Å². The Kier molecular flexibility index (Phi) is 4.78. The number of hydrogen-bond donors (Lipinski definition) is 0. The maximum absolute atomic E-state index is 13.8. The molecule has 0 aliphatic carbocycles. The van der Waals surface area contributed by atoms with Crippen molar-refractivity contribution in [2.75, 3.05) is 47.0 Å². The summed E-state index contributed by atoms with van der Waals surface area (Å²) in [6.07, 6.45) is 1.05. The van der Waals surface area contributed by atoms with Gasteiger partial charge in [-0.25, -0.2) is 4.39 Å². The van der Waals surface area contributed by atoms with E-state index in [2.05, 4.69) is 11.9 Å². The zero-order valence-corrected chi connectivity index (χ0v) is 14.5. The first-order chi connectivity index (χ1) is 11.5. The summed E-state index contributed by atoms with van der Waals surface area (Å²) >= 11 is 0. The Morgan fingerprint density at radius 2 is 2.17 bits per heavy atom. The molecule has 2 fully saturated rings. The molecule has 0 bridgehead atoms. The molecular formula is C18H25FN2O3. The topological polar surface area (TPSA) is 42.0 Å². The van der Waals surface area contributed by atoms with E-state index in [9.17, 15) is 9.18 Å². The van der Waals surface area contributed by atoms with Gasteiger partial charge in [0.05, 0.1) is 19.3 Å². The van der Waals surface area contributed by atoms with Gasteiger partial charge in [-0.05, 0) is 44.5 Å². The number of rotatable bonds is 5. The highest BCUT2D eigenvalue weighted by atomic mass is 19.1. The van der Waals surface area contributed by atoms with Crippen molar-refractivity contribution < 1.29 is 18.7 Å². The molecule has 0 saturated carbocycles. The Bertz CT molecular complexity index is 616. The Morgan fingerprint density at radius 3 is 2.79 bits per heavy atom. The number of benzene rings is 1. The van der Waals surface area contributed by atoms with Crippen molar-refractivity contribution in [1.29, 1.82) is 0 Å². The molecule has 1 spiro atoms. The van der Waals surface area contributed by atoms with Crippen LogP contribution in [-0.2, 0) is 4.74 Å². The van der Waals surface area contributed by atoms with Crippen LogP contribution >= 0.6 is 0 Å². The molecule has 0 radical (unpaired) electrons. The minimum atomic E-state index is -0.506. The molecule has 6 heteroatoms. The Hall–Kier alpha value is -1.66. The molecule has 0 N–H and O–H groups in total. The molecular weight excluding hydrogens is 311 g/mol. The van der Waals surface area contributed by atoms with Crippen molar-refractivity contribution in [2.45, 2.75) is 18.9 Å². The Labute approximate surface area is 142 Å². The Balaban J connectivity index is 1.61. The van der Waals surface area contributed by atoms with Crippen molar-refractivity contribution in [1.82, 2.24) is 9.80 Å². The number of carbonyl (C=O) groups excluding carboxylic acids is 1. The normalized spacial score (nSPS) is 22.7. The molecule has 2 aliphatic rings. The summed E-state index contributed by atoms with van der Waals surface area (Å²) < 4.78 is 24.2. The fourth-order valence-electron chi connectivity index (χ4n) is 3.90. The number of halogens is 1. The SMILES string of the molecule is CCOCC1CN(C)C2(C1)CN(C(=O)c1ccc(OC)c(F)c1)C2. The third-order valence-electron chi connectivity index (χ3n) is 5.22. The van der Waals surface area contributed by atoms with E-state index in [0.29, 0.717) is 24.6 Å². The van der Waals surface area contributed by atoms with E-state index in [1.807, 2.05) is 6.92 Å². The van der Waals surface area contributed by atoms with Gasteiger partial charge in [-0.3, -0.25) is 9.69 Å². The molecule has 5 nitrogen and oxygen atoms in total. The lowest BCUT2D eigenvalue weighted by Crippen LogP contribution is -2.68. The number of nitrogens with zero attached hydrogens (tertiary/aromatic N) is 2. The van der Waals surface area contributed by atoms with Gasteiger partial charge in [0, 0.05) is 31.8 Å². The predicted molar refractivity (Wildman–Crippen MR) is 88.8 cm³/mol. The van der Waals surface area contributed by atoms with Crippen molar-refractivity contribution in [3.63, 3.8) is 0 Å². The smallest absolute Gasteiger partial charge is 0.254 e. The van der Waals surface area contributed by atoms with Crippen LogP contribution in [0.3, 0.4) is 0 Å². The maximum atomic E-state index is 13.8. The van der Waals surface area contributed by atoms with Gasteiger partial charge in [-0.2, -0.15) is 0 Å². The van der Waals surface area contributed by atoms with Crippen LogP contribution in [0, 0.1) is 11.7 Å². The van der Waals surface area contributed by atoms with Crippen LogP contribution in [0.15, 0.2) is 18.2 Å². The van der Waals surface area contributed by atoms with Crippen LogP contribution in [0.25, 0.3) is 0 Å². The summed E-state index contributed by atoms with van der Waals surface area (Å²) in [5, 5.41) is 0. The van der Waals surface area contributed by atoms with E-state index in [1.165, 1.54) is 19.2 Å². The van der Waals surface area contributed by atoms with Gasteiger partial charge in [-0.15, -0.1) is 0 Å². The Morgan fingerprint density at radius 1 is 1.42 bits per heavy atom. The fraction of sp³-hybridized carbons (Fsp3) is 0.611. The van der Waals surface area contributed by atoms with Gasteiger partial charge >= 0.3 is 0 Å². The van der Waals surface area contributed by atoms with Gasteiger partial charge in [0.15, 0.2) is 11.6 Å². The molecule has 1 atom stereocenters. The molecule has 2 heterocycles. The third kappa shape index (κ3) is 3.00. The summed E-state index contributed by atoms with van der Waals surface area (Å²) in [5.41, 5.74) is 0.428. The van der Waals surface area contributed by atoms with E-state index in [4.69, 9.17) is 9.47 Å². The summed E-state index contributed by atoms with van der Waals surface area (Å²) in [5.74, 6) is 0.0451. The van der Waals surface area contributed by atoms with Crippen LogP contribution in [0.2, 0.25) is 0 Å². The summed E-state index contributed by atoms with van der Waals surface area (Å²) in [6, 6.07) is 4.37. The first-order valence-electron chi connectivity index (χ1n) is 8.41. The van der Waals surface area contributed by atoms with E-state index in [1.54, 1.807) is 11.0 Å². The largest absolute Gasteiger partial charge is 0.494 e. The lowest BCUT2D eigenvalue weighted by Gasteiger charge is -2.52. The van der Waals surface area contributed by atoms with Crippen LogP contribution in [-0.4, -0.2) is 68.3 Å². The molecule has 1 aromatic carbocycles. The number of hydrogen-bond acceptors (Lipinski definition) is 4. The molecule has 0 aromatic heterocycles. The first-order valence-corrected chi connectivity index (χ1v) is 8.41. The molecule has 1 amide bonds. The number of likely N-dealkylation sites (N-methyl/N-ethyl adjacent to an activating group) is 1. The predicted octanol–water partition coefficient (Wildman–Crippen LogP) is 2.02. The van der Waals surface area contributed by atoms with Crippen molar-refractivity contribution in [3.8, 4) is 5.75 Å². The van der Waals surface area contributed by atoms with Crippen molar-refractivity contribution >= 4 is 5.91 Å². The molecule has 2 aliphatic heterocycles. The highest BCUT2D eigenvalue weighted by molar-refractivity contribution is 5.95. The van der Waals surface area contributed by atoms with E-state index < -0.39 is 5.82 Å². The van der Waals surface area contributed by atoms with Crippen molar-refractivity contribution in [3.05, 3.63) is 29.6 Å². The minimum Gasteiger partial charge on any atom is -0.494 e. The second kappa shape index (κ2) is 6.69. The minimum absolute atomic E-state index is 0.0580. The molecule has 2 saturated heterocycles. The lowest BCUT2D eigenvalue weighted by atomic mass is 9.84. The highest BCUT2D eigenvalue weighted by Crippen LogP contribution is 2.40. The standard InChI is InChI=1S/C18H25FN2O3/c1-4-24-10-13-8-18(20(2)9-13)11-21(12-18)17(22)14-5-6-16(23-3)15(19)7-14/h5-7,13H,4,8-12H2,1-3H3. The average molecular weight is 336 g/mol. The fourth-order valence-corrected chi connectivity index (χ4v) is 3.90. The zero-order chi connectivity index (χ0) is 17.3. The molecule has 1 aromatic rings. The number of likely N-dealkylation sites (tertiary alicyclic amines) is 2. The number of carbonyl (C=O) groups is 1. The maximum Gasteiger partial charge on any atom is 0.254 e. The quantitative estimate of drug-likeness (QED) is 0.825. The van der Waals surface area contributed by atoms with Crippen molar-refractivity contribution in [2.24, 2.45) is 5.92 Å². The van der Waals surface area contributed by atoms with Gasteiger partial charge < -0.3 is 14.4 Å². The summed E-state index contributed by atoms with van der Waals surface area (Å²) in [4.78, 5) is 16.7. The van der Waals surface area contributed by atoms with Gasteiger partial charge in [0.1, 0.15) is 0 Å². The molecule has 24 heavy (non-hydrogen) atoms. The first kappa shape index (κ1) is 17.2. The number of amides is 1. The van der Waals surface area contributed by atoms with E-state index >= 15 is 0 Å². The third-order valence-corrected chi connectivity index (χ3v) is 5.22. The van der Waals surface area contributed by atoms with Crippen LogP contribution in [0.1, 0.15) is 23.7 Å². The van der Waals surface area contributed by atoms with Crippen LogP contribution < -0.4 is 4.74 Å².